The van der Waals surface area contributed by atoms with Crippen LogP contribution in [-0.2, 0) is 4.74 Å². The molecule has 2 rings (SSSR count). The Morgan fingerprint density at radius 1 is 1.50 bits per heavy atom. The molecule has 1 heterocycles. The van der Waals surface area contributed by atoms with Crippen LogP contribution in [-0.4, -0.2) is 12.8 Å². The average Bonchev–Trinajstić information content (AvgIpc) is 1.58. The lowest BCUT2D eigenvalue weighted by molar-refractivity contribution is -0.219. The lowest BCUT2D eigenvalue weighted by atomic mass is 9.65. The summed E-state index contributed by atoms with van der Waals surface area (Å²) in [5.74, 6) is 0. The summed E-state index contributed by atoms with van der Waals surface area (Å²) in [4.78, 5) is 0. The molecule has 2 nitrogen and oxygen atoms in total. The van der Waals surface area contributed by atoms with Gasteiger partial charge in [0.15, 0.2) is 0 Å². The van der Waals surface area contributed by atoms with Crippen LogP contribution in [0.1, 0.15) is 19.3 Å². The fourth-order valence-corrected chi connectivity index (χ4v) is 1.48. The highest BCUT2D eigenvalue weighted by Gasteiger charge is 2.50. The van der Waals surface area contributed by atoms with Crippen LogP contribution in [0.2, 0.25) is 0 Å². The van der Waals surface area contributed by atoms with E-state index in [-0.39, 0.29) is 6.23 Å². The van der Waals surface area contributed by atoms with Crippen LogP contribution in [0, 0.1) is 5.41 Å². The van der Waals surface area contributed by atoms with E-state index in [1.807, 2.05) is 0 Å². The fraction of sp³-hybridized carbons (Fsp3) is 1.00. The van der Waals surface area contributed by atoms with E-state index in [4.69, 9.17) is 10.5 Å². The third-order valence-corrected chi connectivity index (χ3v) is 2.50. The molecule has 1 saturated carbocycles. The molecule has 0 aromatic rings. The van der Waals surface area contributed by atoms with Gasteiger partial charge in [-0.05, 0) is 12.8 Å². The van der Waals surface area contributed by atoms with E-state index in [0.29, 0.717) is 5.41 Å². The summed E-state index contributed by atoms with van der Waals surface area (Å²) in [7, 11) is 0. The number of rotatable bonds is 0. The molecule has 0 aromatic heterocycles. The highest BCUT2D eigenvalue weighted by atomic mass is 16.5. The molecule has 1 unspecified atom stereocenters. The topological polar surface area (TPSA) is 35.2 Å². The zero-order valence-electron chi connectivity index (χ0n) is 4.89. The smallest absolute Gasteiger partial charge is 0.113 e. The molecule has 1 spiro atoms. The van der Waals surface area contributed by atoms with Crippen molar-refractivity contribution in [3.05, 3.63) is 0 Å². The van der Waals surface area contributed by atoms with Crippen molar-refractivity contribution in [3.8, 4) is 0 Å². The van der Waals surface area contributed by atoms with Gasteiger partial charge in [-0.2, -0.15) is 0 Å². The average molecular weight is 113 g/mol. The maximum absolute atomic E-state index is 5.60. The third kappa shape index (κ3) is 0.361. The van der Waals surface area contributed by atoms with Crippen LogP contribution >= 0.6 is 0 Å². The Labute approximate surface area is 49.0 Å². The zero-order valence-corrected chi connectivity index (χ0v) is 4.89. The molecule has 1 aliphatic carbocycles. The Kier molecular flexibility index (Phi) is 0.746. The molecule has 2 aliphatic rings. The van der Waals surface area contributed by atoms with Gasteiger partial charge >= 0.3 is 0 Å². The van der Waals surface area contributed by atoms with E-state index < -0.39 is 0 Å². The van der Waals surface area contributed by atoms with Crippen LogP contribution in [0.25, 0.3) is 0 Å². The second-order valence-electron chi connectivity index (χ2n) is 2.95. The van der Waals surface area contributed by atoms with Crippen molar-refractivity contribution in [1.82, 2.24) is 0 Å². The number of hydrogen-bond donors (Lipinski definition) is 1. The zero-order chi connectivity index (χ0) is 5.61. The Bertz CT molecular complexity index is 104. The first-order valence-electron chi connectivity index (χ1n) is 3.21. The Hall–Kier alpha value is -0.0800. The van der Waals surface area contributed by atoms with E-state index in [2.05, 4.69) is 0 Å². The summed E-state index contributed by atoms with van der Waals surface area (Å²) in [5.41, 5.74) is 6.05. The van der Waals surface area contributed by atoms with Crippen molar-refractivity contribution in [1.29, 1.82) is 0 Å². The summed E-state index contributed by atoms with van der Waals surface area (Å²) in [5, 5.41) is 0. The first kappa shape index (κ1) is 4.77. The minimum Gasteiger partial charge on any atom is -0.362 e. The molecule has 0 aromatic carbocycles. The molecule has 1 atom stereocenters. The summed E-state index contributed by atoms with van der Waals surface area (Å²) >= 11 is 0. The standard InChI is InChI=1S/C6H11NO/c7-5-6(4-8-5)2-1-3-6/h5H,1-4,7H2. The lowest BCUT2D eigenvalue weighted by Gasteiger charge is -2.53. The maximum Gasteiger partial charge on any atom is 0.113 e. The van der Waals surface area contributed by atoms with Gasteiger partial charge in [0.2, 0.25) is 0 Å². The third-order valence-electron chi connectivity index (χ3n) is 2.50. The largest absolute Gasteiger partial charge is 0.362 e. The van der Waals surface area contributed by atoms with Gasteiger partial charge in [-0.1, -0.05) is 6.42 Å². The van der Waals surface area contributed by atoms with Crippen LogP contribution in [0.15, 0.2) is 0 Å². The van der Waals surface area contributed by atoms with Crippen molar-refractivity contribution in [2.75, 3.05) is 6.61 Å². The Morgan fingerprint density at radius 3 is 2.25 bits per heavy atom. The molecule has 0 bridgehead atoms. The van der Waals surface area contributed by atoms with Crippen LogP contribution in [0.5, 0.6) is 0 Å². The van der Waals surface area contributed by atoms with Crippen molar-refractivity contribution in [2.24, 2.45) is 11.1 Å². The van der Waals surface area contributed by atoms with Gasteiger partial charge in [0.1, 0.15) is 6.23 Å². The Balaban J connectivity index is 2.03. The van der Waals surface area contributed by atoms with E-state index in [9.17, 15) is 0 Å². The second kappa shape index (κ2) is 1.25. The SMILES string of the molecule is NC1OCC12CCC2. The molecular weight excluding hydrogens is 102 g/mol. The summed E-state index contributed by atoms with van der Waals surface area (Å²) in [6, 6.07) is 0. The molecular formula is C6H11NO. The van der Waals surface area contributed by atoms with E-state index in [1.54, 1.807) is 0 Å². The molecule has 1 aliphatic heterocycles. The first-order valence-corrected chi connectivity index (χ1v) is 3.21. The molecule has 46 valence electrons. The van der Waals surface area contributed by atoms with Gasteiger partial charge in [-0.3, -0.25) is 0 Å². The summed E-state index contributed by atoms with van der Waals surface area (Å²) < 4.78 is 5.07. The molecule has 1 saturated heterocycles. The predicted octanol–water partition coefficient (Wildman–Crippen LogP) is 0.472. The molecule has 0 radical (unpaired) electrons. The van der Waals surface area contributed by atoms with Crippen molar-refractivity contribution in [2.45, 2.75) is 25.5 Å². The van der Waals surface area contributed by atoms with Crippen molar-refractivity contribution in [3.63, 3.8) is 0 Å². The molecule has 8 heavy (non-hydrogen) atoms. The second-order valence-corrected chi connectivity index (χ2v) is 2.95. The Morgan fingerprint density at radius 2 is 2.25 bits per heavy atom. The van der Waals surface area contributed by atoms with Crippen molar-refractivity contribution >= 4 is 0 Å². The minimum atomic E-state index is 0.0799. The van der Waals surface area contributed by atoms with Gasteiger partial charge in [-0.15, -0.1) is 0 Å². The molecule has 2 fully saturated rings. The van der Waals surface area contributed by atoms with Gasteiger partial charge in [0.25, 0.3) is 0 Å². The molecule has 2 N–H and O–H groups in total. The highest BCUT2D eigenvalue weighted by Crippen LogP contribution is 2.49. The van der Waals surface area contributed by atoms with E-state index in [1.165, 1.54) is 19.3 Å². The van der Waals surface area contributed by atoms with Crippen LogP contribution in [0.3, 0.4) is 0 Å². The normalized spacial score (nSPS) is 40.9. The van der Waals surface area contributed by atoms with Gasteiger partial charge in [-0.25, -0.2) is 0 Å². The quantitative estimate of drug-likeness (QED) is 0.495. The first-order chi connectivity index (χ1) is 3.83. The van der Waals surface area contributed by atoms with E-state index >= 15 is 0 Å². The van der Waals surface area contributed by atoms with Gasteiger partial charge in [0, 0.05) is 5.41 Å². The minimum absolute atomic E-state index is 0.0799. The highest BCUT2D eigenvalue weighted by molar-refractivity contribution is 4.97. The molecule has 2 heteroatoms. The van der Waals surface area contributed by atoms with Gasteiger partial charge in [0.05, 0.1) is 6.61 Å². The fourth-order valence-electron chi connectivity index (χ4n) is 1.48. The summed E-state index contributed by atoms with van der Waals surface area (Å²) in [6.45, 7) is 0.925. The number of nitrogens with two attached hydrogens (primary N) is 1. The van der Waals surface area contributed by atoms with Crippen LogP contribution in [0.4, 0.5) is 0 Å². The van der Waals surface area contributed by atoms with E-state index in [0.717, 1.165) is 6.61 Å². The number of hydrogen-bond acceptors (Lipinski definition) is 2. The maximum atomic E-state index is 5.60. The van der Waals surface area contributed by atoms with Crippen molar-refractivity contribution < 1.29 is 4.74 Å². The monoisotopic (exact) mass is 113 g/mol. The molecule has 0 amide bonds. The van der Waals surface area contributed by atoms with Crippen LogP contribution < -0.4 is 5.73 Å². The number of ether oxygens (including phenoxy) is 1. The summed E-state index contributed by atoms with van der Waals surface area (Å²) in [6.07, 6.45) is 4.04. The predicted molar refractivity (Wildman–Crippen MR) is 30.2 cm³/mol. The van der Waals surface area contributed by atoms with Gasteiger partial charge < -0.3 is 10.5 Å². The lowest BCUT2D eigenvalue weighted by Crippen LogP contribution is -2.60.